The van der Waals surface area contributed by atoms with Crippen molar-refractivity contribution in [2.24, 2.45) is 0 Å². The molecule has 0 aliphatic carbocycles. The van der Waals surface area contributed by atoms with E-state index in [1.54, 1.807) is 0 Å². The van der Waals surface area contributed by atoms with Crippen LogP contribution < -0.4 is 54.0 Å². The van der Waals surface area contributed by atoms with Crippen LogP contribution in [0.15, 0.2) is 48.5 Å². The molecule has 3 saturated heterocycles. The summed E-state index contributed by atoms with van der Waals surface area (Å²) in [4.78, 5) is 0. The predicted molar refractivity (Wildman–Crippen MR) is 158 cm³/mol. The van der Waals surface area contributed by atoms with Crippen LogP contribution in [0.2, 0.25) is 0 Å². The van der Waals surface area contributed by atoms with Crippen LogP contribution in [0.3, 0.4) is 0 Å². The first-order valence-corrected chi connectivity index (χ1v) is 14.0. The fraction of sp³-hybridized carbons (Fsp3) is 0.571. The molecular weight excluding hydrogens is 476 g/mol. The lowest BCUT2D eigenvalue weighted by Gasteiger charge is -2.39. The van der Waals surface area contributed by atoms with Gasteiger partial charge >= 0.3 is 0 Å². The summed E-state index contributed by atoms with van der Waals surface area (Å²) >= 11 is 0. The second-order valence-electron chi connectivity index (χ2n) is 10.8. The lowest BCUT2D eigenvalue weighted by Crippen LogP contribution is -2.66. The summed E-state index contributed by atoms with van der Waals surface area (Å²) in [6.45, 7) is 12.2. The van der Waals surface area contributed by atoms with Gasteiger partial charge in [-0.3, -0.25) is 0 Å². The first kappa shape index (κ1) is 28.7. The molecule has 10 heteroatoms. The zero-order valence-corrected chi connectivity index (χ0v) is 22.7. The largest absolute Gasteiger partial charge is 0.399 e. The third kappa shape index (κ3) is 9.18. The molecule has 0 aromatic heterocycles. The third-order valence-corrected chi connectivity index (χ3v) is 7.51. The Labute approximate surface area is 227 Å². The Morgan fingerprint density at radius 3 is 1.00 bits per heavy atom. The first-order valence-electron chi connectivity index (χ1n) is 14.0. The topological polar surface area (TPSA) is 148 Å². The molecule has 0 atom stereocenters. The maximum Gasteiger partial charge on any atom is 0.0561 e. The van der Waals surface area contributed by atoms with E-state index in [0.717, 1.165) is 103 Å². The minimum absolute atomic E-state index is 0.125. The molecule has 12 N–H and O–H groups in total. The van der Waals surface area contributed by atoms with E-state index in [9.17, 15) is 0 Å². The van der Waals surface area contributed by atoms with E-state index >= 15 is 0 Å². The number of fused-ring (bicyclic) bond motifs is 15. The highest BCUT2D eigenvalue weighted by Gasteiger charge is 2.31. The molecule has 2 bridgehead atoms. The molecule has 38 heavy (non-hydrogen) atoms. The third-order valence-electron chi connectivity index (χ3n) is 7.51. The Morgan fingerprint density at radius 2 is 0.737 bits per heavy atom. The maximum absolute atomic E-state index is 5.89. The Bertz CT molecular complexity index is 813. The number of nitrogen functional groups attached to an aromatic ring is 2. The van der Waals surface area contributed by atoms with Gasteiger partial charge in [-0.25, -0.2) is 0 Å². The zero-order chi connectivity index (χ0) is 26.5. The molecular formula is C28H48N10. The van der Waals surface area contributed by atoms with Gasteiger partial charge in [0.25, 0.3) is 0 Å². The highest BCUT2D eigenvalue weighted by Crippen LogP contribution is 2.11. The highest BCUT2D eigenvalue weighted by molar-refractivity contribution is 5.40. The van der Waals surface area contributed by atoms with Gasteiger partial charge in [0.2, 0.25) is 0 Å². The van der Waals surface area contributed by atoms with Crippen molar-refractivity contribution in [1.29, 1.82) is 0 Å². The highest BCUT2D eigenvalue weighted by atomic mass is 15.2. The number of hydrogen-bond acceptors (Lipinski definition) is 10. The summed E-state index contributed by atoms with van der Waals surface area (Å²) in [7, 11) is 0. The van der Waals surface area contributed by atoms with Crippen molar-refractivity contribution in [2.75, 3.05) is 90.0 Å². The standard InChI is InChI=1S/C28H48N10/c29-25-5-1-23(2-6-25)15-37-27-17-31-9-12-34-20-28(21-35-13-10-32-18-27,22-36-14-11-33-19-27)38-16-24-3-7-26(30)8-4-24/h1-8,31-38H,9-22,29-30H2. The van der Waals surface area contributed by atoms with Crippen LogP contribution >= 0.6 is 0 Å². The number of nitrogens with two attached hydrogens (primary N) is 2. The average molecular weight is 525 g/mol. The van der Waals surface area contributed by atoms with E-state index < -0.39 is 0 Å². The van der Waals surface area contributed by atoms with Gasteiger partial charge < -0.3 is 54.0 Å². The van der Waals surface area contributed by atoms with Crippen LogP contribution in [0.1, 0.15) is 11.1 Å². The Morgan fingerprint density at radius 1 is 0.474 bits per heavy atom. The smallest absolute Gasteiger partial charge is 0.0561 e. The first-order chi connectivity index (χ1) is 18.6. The second-order valence-corrected chi connectivity index (χ2v) is 10.8. The minimum Gasteiger partial charge on any atom is -0.399 e. The van der Waals surface area contributed by atoms with E-state index in [2.05, 4.69) is 66.8 Å². The summed E-state index contributed by atoms with van der Waals surface area (Å²) in [5, 5.41) is 30.1. The van der Waals surface area contributed by atoms with Crippen LogP contribution in [-0.2, 0) is 13.1 Å². The predicted octanol–water partition coefficient (Wildman–Crippen LogP) is -1.23. The Kier molecular flexibility index (Phi) is 11.2. The molecule has 0 spiro atoms. The molecule has 3 heterocycles. The summed E-state index contributed by atoms with van der Waals surface area (Å²) in [5.41, 5.74) is 15.6. The molecule has 0 unspecified atom stereocenters. The van der Waals surface area contributed by atoms with Crippen molar-refractivity contribution < 1.29 is 0 Å². The lowest BCUT2D eigenvalue weighted by molar-refractivity contribution is 0.253. The maximum atomic E-state index is 5.89. The van der Waals surface area contributed by atoms with Gasteiger partial charge in [-0.15, -0.1) is 0 Å². The number of rotatable bonds is 6. The van der Waals surface area contributed by atoms with Gasteiger partial charge in [0.05, 0.1) is 11.1 Å². The van der Waals surface area contributed by atoms with Gasteiger partial charge in [0, 0.05) is 103 Å². The molecule has 210 valence electrons. The van der Waals surface area contributed by atoms with Crippen LogP contribution in [0.5, 0.6) is 0 Å². The molecule has 3 aliphatic heterocycles. The Balaban J connectivity index is 1.43. The lowest BCUT2D eigenvalue weighted by atomic mass is 9.96. The average Bonchev–Trinajstić information content (AvgIpc) is 2.93. The zero-order valence-electron chi connectivity index (χ0n) is 22.7. The van der Waals surface area contributed by atoms with Crippen LogP contribution in [-0.4, -0.2) is 89.6 Å². The van der Waals surface area contributed by atoms with E-state index in [1.807, 2.05) is 24.3 Å². The van der Waals surface area contributed by atoms with Crippen molar-refractivity contribution in [3.63, 3.8) is 0 Å². The molecule has 0 amide bonds. The van der Waals surface area contributed by atoms with Gasteiger partial charge in [0.15, 0.2) is 0 Å². The van der Waals surface area contributed by atoms with Crippen LogP contribution in [0, 0.1) is 0 Å². The molecule has 2 aromatic rings. The normalized spacial score (nSPS) is 26.4. The minimum atomic E-state index is -0.125. The van der Waals surface area contributed by atoms with E-state index in [0.29, 0.717) is 0 Å². The molecule has 0 radical (unpaired) electrons. The summed E-state index contributed by atoms with van der Waals surface area (Å²) in [6, 6.07) is 16.3. The van der Waals surface area contributed by atoms with Gasteiger partial charge in [-0.05, 0) is 35.4 Å². The quantitative estimate of drug-likeness (QED) is 0.208. The fourth-order valence-corrected chi connectivity index (χ4v) is 5.10. The van der Waals surface area contributed by atoms with E-state index in [4.69, 9.17) is 11.5 Å². The van der Waals surface area contributed by atoms with Crippen molar-refractivity contribution in [1.82, 2.24) is 42.5 Å². The monoisotopic (exact) mass is 524 g/mol. The van der Waals surface area contributed by atoms with Crippen LogP contribution in [0.25, 0.3) is 0 Å². The summed E-state index contributed by atoms with van der Waals surface area (Å²) in [5.74, 6) is 0. The number of nitrogens with one attached hydrogen (secondary N) is 8. The van der Waals surface area contributed by atoms with Gasteiger partial charge in [0.1, 0.15) is 0 Å². The van der Waals surface area contributed by atoms with Crippen molar-refractivity contribution in [3.8, 4) is 0 Å². The number of benzene rings is 2. The van der Waals surface area contributed by atoms with E-state index in [-0.39, 0.29) is 11.1 Å². The molecule has 3 fully saturated rings. The van der Waals surface area contributed by atoms with Crippen molar-refractivity contribution in [3.05, 3.63) is 59.7 Å². The van der Waals surface area contributed by atoms with Gasteiger partial charge in [-0.1, -0.05) is 24.3 Å². The summed E-state index contributed by atoms with van der Waals surface area (Å²) < 4.78 is 0. The van der Waals surface area contributed by atoms with Crippen molar-refractivity contribution in [2.45, 2.75) is 24.2 Å². The Hall–Kier alpha value is -2.28. The van der Waals surface area contributed by atoms with E-state index in [1.165, 1.54) is 11.1 Å². The van der Waals surface area contributed by atoms with Crippen LogP contribution in [0.4, 0.5) is 11.4 Å². The number of hydrogen-bond donors (Lipinski definition) is 10. The number of anilines is 2. The second kappa shape index (κ2) is 14.8. The SMILES string of the molecule is Nc1ccc(CNC23CNCCNCC(NCc4ccc(N)cc4)(CNCCNC2)CNCCNC3)cc1. The van der Waals surface area contributed by atoms with Crippen molar-refractivity contribution >= 4 is 11.4 Å². The molecule has 2 aromatic carbocycles. The molecule has 0 saturated carbocycles. The molecule has 3 aliphatic rings. The summed E-state index contributed by atoms with van der Waals surface area (Å²) in [6.07, 6.45) is 0. The molecule has 5 rings (SSSR count). The fourth-order valence-electron chi connectivity index (χ4n) is 5.10. The molecule has 10 nitrogen and oxygen atoms in total. The van der Waals surface area contributed by atoms with Gasteiger partial charge in [-0.2, -0.15) is 0 Å².